The molecule has 0 saturated heterocycles. The summed E-state index contributed by atoms with van der Waals surface area (Å²) >= 11 is 9.42. The van der Waals surface area contributed by atoms with E-state index in [9.17, 15) is 0 Å². The molecular weight excluding hydrogens is 302 g/mol. The summed E-state index contributed by atoms with van der Waals surface area (Å²) in [7, 11) is 0. The number of nitrogens with two attached hydrogens (primary N) is 1. The van der Waals surface area contributed by atoms with Crippen molar-refractivity contribution in [3.8, 4) is 0 Å². The van der Waals surface area contributed by atoms with Crippen LogP contribution in [0.2, 0.25) is 5.15 Å². The Kier molecular flexibility index (Phi) is 4.20. The number of benzene rings is 1. The monoisotopic (exact) mass is 313 g/mol. The van der Waals surface area contributed by atoms with Crippen LogP contribution in [0.1, 0.15) is 17.1 Å². The molecule has 0 aliphatic rings. The lowest BCUT2D eigenvalue weighted by Crippen LogP contribution is -1.98. The second-order valence-corrected chi connectivity index (χ2v) is 5.06. The third-order valence-electron chi connectivity index (χ3n) is 2.55. The second-order valence-electron chi connectivity index (χ2n) is 3.78. The molecule has 1 aromatic heterocycles. The molecule has 17 heavy (non-hydrogen) atoms. The van der Waals surface area contributed by atoms with Crippen LogP contribution in [0, 0.1) is 0 Å². The van der Waals surface area contributed by atoms with Gasteiger partial charge in [0.2, 0.25) is 0 Å². The van der Waals surface area contributed by atoms with Crippen LogP contribution in [-0.4, -0.2) is 9.97 Å². The topological polar surface area (TPSA) is 54.7 Å². The lowest BCUT2D eigenvalue weighted by atomic mass is 10.1. The van der Waals surface area contributed by atoms with Gasteiger partial charge < -0.3 is 10.7 Å². The van der Waals surface area contributed by atoms with Crippen LogP contribution in [0.5, 0.6) is 0 Å². The maximum absolute atomic E-state index is 6.01. The van der Waals surface area contributed by atoms with Gasteiger partial charge >= 0.3 is 0 Å². The van der Waals surface area contributed by atoms with Crippen LogP contribution in [-0.2, 0) is 19.4 Å². The summed E-state index contributed by atoms with van der Waals surface area (Å²) in [6, 6.07) is 8.26. The predicted octanol–water partition coefficient (Wildman–Crippen LogP) is 3.07. The van der Waals surface area contributed by atoms with Crippen molar-refractivity contribution in [1.82, 2.24) is 9.97 Å². The van der Waals surface area contributed by atoms with E-state index in [0.29, 0.717) is 11.7 Å². The number of halogens is 2. The molecule has 1 heterocycles. The predicted molar refractivity (Wildman–Crippen MR) is 73.0 cm³/mol. The number of nitrogens with zero attached hydrogens (tertiary/aromatic N) is 1. The van der Waals surface area contributed by atoms with Gasteiger partial charge in [-0.1, -0.05) is 39.7 Å². The van der Waals surface area contributed by atoms with Crippen molar-refractivity contribution < 1.29 is 0 Å². The molecule has 1 aromatic carbocycles. The third kappa shape index (κ3) is 3.31. The standard InChI is InChI=1S/C12H13BrClN3/c13-9-4-1-8(2-5-9)3-6-10-12(14)17-11(7-15)16-10/h1-2,4-5H,3,6-7,15H2,(H,16,17). The number of nitrogens with one attached hydrogen (secondary N) is 1. The van der Waals surface area contributed by atoms with Crippen LogP contribution in [0.25, 0.3) is 0 Å². The van der Waals surface area contributed by atoms with Crippen LogP contribution in [0.4, 0.5) is 0 Å². The number of rotatable bonds is 4. The molecule has 0 spiro atoms. The summed E-state index contributed by atoms with van der Waals surface area (Å²) in [6.07, 6.45) is 1.77. The van der Waals surface area contributed by atoms with E-state index in [4.69, 9.17) is 17.3 Å². The summed E-state index contributed by atoms with van der Waals surface area (Å²) in [5, 5.41) is 0.530. The first-order valence-corrected chi connectivity index (χ1v) is 6.54. The number of aryl methyl sites for hydroxylation is 2. The van der Waals surface area contributed by atoms with Crippen molar-refractivity contribution in [3.63, 3.8) is 0 Å². The number of imidazole rings is 1. The van der Waals surface area contributed by atoms with E-state index in [2.05, 4.69) is 38.0 Å². The number of aromatic amines is 1. The van der Waals surface area contributed by atoms with Crippen molar-refractivity contribution in [2.24, 2.45) is 5.73 Å². The summed E-state index contributed by atoms with van der Waals surface area (Å²) in [6.45, 7) is 0.387. The van der Waals surface area contributed by atoms with Gasteiger partial charge in [0.25, 0.3) is 0 Å². The van der Waals surface area contributed by atoms with Crippen molar-refractivity contribution in [2.45, 2.75) is 19.4 Å². The maximum Gasteiger partial charge on any atom is 0.150 e. The van der Waals surface area contributed by atoms with Crippen molar-refractivity contribution in [1.29, 1.82) is 0 Å². The van der Waals surface area contributed by atoms with Crippen LogP contribution < -0.4 is 5.73 Å². The molecule has 0 aliphatic carbocycles. The van der Waals surface area contributed by atoms with E-state index >= 15 is 0 Å². The Labute approximate surface area is 114 Å². The Morgan fingerprint density at radius 2 is 1.94 bits per heavy atom. The highest BCUT2D eigenvalue weighted by molar-refractivity contribution is 9.10. The normalized spacial score (nSPS) is 10.8. The van der Waals surface area contributed by atoms with Gasteiger partial charge in [0.1, 0.15) is 11.0 Å². The minimum absolute atomic E-state index is 0.387. The second kappa shape index (κ2) is 5.67. The number of hydrogen-bond acceptors (Lipinski definition) is 2. The molecule has 3 N–H and O–H groups in total. The van der Waals surface area contributed by atoms with E-state index in [0.717, 1.165) is 28.8 Å². The fourth-order valence-corrected chi connectivity index (χ4v) is 2.13. The molecule has 3 nitrogen and oxygen atoms in total. The fourth-order valence-electron chi connectivity index (χ4n) is 1.62. The molecule has 2 aromatic rings. The molecule has 0 amide bonds. The van der Waals surface area contributed by atoms with E-state index < -0.39 is 0 Å². The molecule has 0 saturated carbocycles. The van der Waals surface area contributed by atoms with Gasteiger partial charge in [0.15, 0.2) is 0 Å². The summed E-state index contributed by atoms with van der Waals surface area (Å²) in [4.78, 5) is 7.27. The van der Waals surface area contributed by atoms with Gasteiger partial charge in [-0.15, -0.1) is 0 Å². The van der Waals surface area contributed by atoms with Crippen molar-refractivity contribution >= 4 is 27.5 Å². The zero-order valence-electron chi connectivity index (χ0n) is 9.21. The lowest BCUT2D eigenvalue weighted by Gasteiger charge is -2.00. The highest BCUT2D eigenvalue weighted by Crippen LogP contribution is 2.16. The zero-order chi connectivity index (χ0) is 12.3. The Balaban J connectivity index is 2.01. The zero-order valence-corrected chi connectivity index (χ0v) is 11.6. The Morgan fingerprint density at radius 1 is 1.24 bits per heavy atom. The van der Waals surface area contributed by atoms with Crippen molar-refractivity contribution in [2.75, 3.05) is 0 Å². The minimum atomic E-state index is 0.387. The molecule has 0 unspecified atom stereocenters. The van der Waals surface area contributed by atoms with E-state index in [-0.39, 0.29) is 0 Å². The summed E-state index contributed by atoms with van der Waals surface area (Å²) in [5.74, 6) is 0.737. The Hall–Kier alpha value is -0.840. The highest BCUT2D eigenvalue weighted by Gasteiger charge is 2.07. The molecule has 0 radical (unpaired) electrons. The molecule has 2 rings (SSSR count). The van der Waals surface area contributed by atoms with Gasteiger partial charge in [-0.25, -0.2) is 4.98 Å². The first kappa shape index (κ1) is 12.6. The highest BCUT2D eigenvalue weighted by atomic mass is 79.9. The molecule has 0 fully saturated rings. The van der Waals surface area contributed by atoms with E-state index in [1.54, 1.807) is 0 Å². The molecular formula is C12H13BrClN3. The molecule has 90 valence electrons. The largest absolute Gasteiger partial charge is 0.343 e. The first-order chi connectivity index (χ1) is 8.19. The van der Waals surface area contributed by atoms with Gasteiger partial charge in [0, 0.05) is 4.47 Å². The number of hydrogen-bond donors (Lipinski definition) is 2. The molecule has 0 bridgehead atoms. The lowest BCUT2D eigenvalue weighted by molar-refractivity contribution is 0.894. The average molecular weight is 315 g/mol. The summed E-state index contributed by atoms with van der Waals surface area (Å²) in [5.41, 5.74) is 7.72. The SMILES string of the molecule is NCc1nc(Cl)c(CCc2ccc(Br)cc2)[nH]1. The van der Waals surface area contributed by atoms with Gasteiger partial charge in [-0.2, -0.15) is 0 Å². The van der Waals surface area contributed by atoms with E-state index in [1.165, 1.54) is 5.56 Å². The Morgan fingerprint density at radius 3 is 2.53 bits per heavy atom. The number of H-pyrrole nitrogens is 1. The van der Waals surface area contributed by atoms with Crippen molar-refractivity contribution in [3.05, 3.63) is 51.0 Å². The van der Waals surface area contributed by atoms with E-state index in [1.807, 2.05) is 12.1 Å². The van der Waals surface area contributed by atoms with Gasteiger partial charge in [0.05, 0.1) is 12.2 Å². The van der Waals surface area contributed by atoms with Crippen LogP contribution in [0.3, 0.4) is 0 Å². The quantitative estimate of drug-likeness (QED) is 0.911. The number of aromatic nitrogens is 2. The molecule has 0 atom stereocenters. The third-order valence-corrected chi connectivity index (χ3v) is 3.39. The maximum atomic E-state index is 6.01. The first-order valence-electron chi connectivity index (χ1n) is 5.37. The van der Waals surface area contributed by atoms with Crippen LogP contribution >= 0.6 is 27.5 Å². The minimum Gasteiger partial charge on any atom is -0.343 e. The molecule has 5 heteroatoms. The fraction of sp³-hybridized carbons (Fsp3) is 0.250. The van der Waals surface area contributed by atoms with Crippen LogP contribution in [0.15, 0.2) is 28.7 Å². The Bertz CT molecular complexity index is 493. The average Bonchev–Trinajstić information content (AvgIpc) is 2.69. The van der Waals surface area contributed by atoms with Gasteiger partial charge in [-0.3, -0.25) is 0 Å². The smallest absolute Gasteiger partial charge is 0.150 e. The van der Waals surface area contributed by atoms with Gasteiger partial charge in [-0.05, 0) is 30.5 Å². The molecule has 0 aliphatic heterocycles. The summed E-state index contributed by atoms with van der Waals surface area (Å²) < 4.78 is 1.09.